The molecule has 0 bridgehead atoms. The molecule has 5 heteroatoms. The third-order valence-electron chi connectivity index (χ3n) is 4.76. The average molecular weight is 324 g/mol. The van der Waals surface area contributed by atoms with Gasteiger partial charge in [-0.1, -0.05) is 26.0 Å². The quantitative estimate of drug-likeness (QED) is 0.875. The molecule has 1 fully saturated rings. The van der Waals surface area contributed by atoms with E-state index in [1.54, 1.807) is 16.4 Å². The van der Waals surface area contributed by atoms with E-state index in [-0.39, 0.29) is 0 Å². The Morgan fingerprint density at radius 3 is 2.59 bits per heavy atom. The minimum absolute atomic E-state index is 0.396. The van der Waals surface area contributed by atoms with Crippen LogP contribution >= 0.6 is 0 Å². The highest BCUT2D eigenvalue weighted by Crippen LogP contribution is 2.26. The summed E-state index contributed by atoms with van der Waals surface area (Å²) in [5, 5.41) is 0. The van der Waals surface area contributed by atoms with Crippen LogP contribution < -0.4 is 5.73 Å². The van der Waals surface area contributed by atoms with Gasteiger partial charge in [0.15, 0.2) is 0 Å². The first-order valence-electron chi connectivity index (χ1n) is 8.29. The lowest BCUT2D eigenvalue weighted by Crippen LogP contribution is -2.40. The second kappa shape index (κ2) is 7.57. The van der Waals surface area contributed by atoms with Gasteiger partial charge in [0.1, 0.15) is 0 Å². The third kappa shape index (κ3) is 3.89. The lowest BCUT2D eigenvalue weighted by Gasteiger charge is -2.31. The van der Waals surface area contributed by atoms with Gasteiger partial charge in [-0.2, -0.15) is 4.31 Å². The van der Waals surface area contributed by atoms with Gasteiger partial charge in [0, 0.05) is 13.1 Å². The molecular weight excluding hydrogens is 296 g/mol. The molecule has 0 aliphatic carbocycles. The van der Waals surface area contributed by atoms with Crippen molar-refractivity contribution in [2.45, 2.75) is 50.3 Å². The fourth-order valence-electron chi connectivity index (χ4n) is 3.07. The molecular formula is C17H28N2O2S. The van der Waals surface area contributed by atoms with Gasteiger partial charge in [0.25, 0.3) is 0 Å². The molecule has 0 saturated carbocycles. The number of rotatable bonds is 6. The highest BCUT2D eigenvalue weighted by atomic mass is 32.2. The molecule has 1 heterocycles. The van der Waals surface area contributed by atoms with Crippen molar-refractivity contribution < 1.29 is 8.42 Å². The van der Waals surface area contributed by atoms with Crippen LogP contribution in [0.1, 0.15) is 51.0 Å². The predicted octanol–water partition coefficient (Wildman–Crippen LogP) is 2.95. The molecule has 1 aromatic rings. The fraction of sp³-hybridized carbons (Fsp3) is 0.647. The SMILES string of the molecule is CCC(C)c1ccc(S(=O)(=O)N2CCCC(CCN)C2)cc1. The highest BCUT2D eigenvalue weighted by molar-refractivity contribution is 7.89. The van der Waals surface area contributed by atoms with Crippen LogP contribution in [-0.2, 0) is 10.0 Å². The van der Waals surface area contributed by atoms with Crippen LogP contribution in [0.3, 0.4) is 0 Å². The van der Waals surface area contributed by atoms with Crippen LogP contribution in [0, 0.1) is 5.92 Å². The van der Waals surface area contributed by atoms with E-state index in [1.807, 2.05) is 12.1 Å². The Hall–Kier alpha value is -0.910. The molecule has 2 atom stereocenters. The minimum atomic E-state index is -3.37. The Morgan fingerprint density at radius 2 is 2.00 bits per heavy atom. The van der Waals surface area contributed by atoms with Gasteiger partial charge < -0.3 is 5.73 Å². The minimum Gasteiger partial charge on any atom is -0.330 e. The van der Waals surface area contributed by atoms with Crippen LogP contribution in [0.2, 0.25) is 0 Å². The van der Waals surface area contributed by atoms with Crippen molar-refractivity contribution in [2.75, 3.05) is 19.6 Å². The topological polar surface area (TPSA) is 63.4 Å². The molecule has 0 radical (unpaired) electrons. The molecule has 1 saturated heterocycles. The largest absolute Gasteiger partial charge is 0.330 e. The summed E-state index contributed by atoms with van der Waals surface area (Å²) in [6.45, 7) is 6.15. The number of nitrogens with two attached hydrogens (primary N) is 1. The number of hydrogen-bond donors (Lipinski definition) is 1. The monoisotopic (exact) mass is 324 g/mol. The van der Waals surface area contributed by atoms with E-state index in [0.717, 1.165) is 25.7 Å². The second-order valence-electron chi connectivity index (χ2n) is 6.33. The molecule has 1 aliphatic heterocycles. The lowest BCUT2D eigenvalue weighted by atomic mass is 9.96. The average Bonchev–Trinajstić information content (AvgIpc) is 2.55. The van der Waals surface area contributed by atoms with Crippen molar-refractivity contribution in [3.63, 3.8) is 0 Å². The van der Waals surface area contributed by atoms with Gasteiger partial charge >= 0.3 is 0 Å². The maximum Gasteiger partial charge on any atom is 0.243 e. The molecule has 0 amide bonds. The molecule has 0 spiro atoms. The van der Waals surface area contributed by atoms with Gasteiger partial charge in [-0.05, 0) is 61.8 Å². The first-order chi connectivity index (χ1) is 10.5. The summed E-state index contributed by atoms with van der Waals surface area (Å²) in [6, 6.07) is 7.40. The number of benzene rings is 1. The number of piperidine rings is 1. The Morgan fingerprint density at radius 1 is 1.32 bits per heavy atom. The standard InChI is InChI=1S/C17H28N2O2S/c1-3-14(2)16-6-8-17(9-7-16)22(20,21)19-12-4-5-15(13-19)10-11-18/h6-9,14-15H,3-5,10-13,18H2,1-2H3. The lowest BCUT2D eigenvalue weighted by molar-refractivity contribution is 0.258. The Labute approximate surface area is 134 Å². The molecule has 2 rings (SSSR count). The molecule has 22 heavy (non-hydrogen) atoms. The van der Waals surface area contributed by atoms with Gasteiger partial charge in [-0.3, -0.25) is 0 Å². The molecule has 124 valence electrons. The van der Waals surface area contributed by atoms with Crippen LogP contribution in [0.5, 0.6) is 0 Å². The smallest absolute Gasteiger partial charge is 0.243 e. The van der Waals surface area contributed by atoms with E-state index >= 15 is 0 Å². The number of hydrogen-bond acceptors (Lipinski definition) is 3. The van der Waals surface area contributed by atoms with Crippen molar-refractivity contribution in [3.8, 4) is 0 Å². The first kappa shape index (κ1) is 17.4. The van der Waals surface area contributed by atoms with Crippen LogP contribution in [0.4, 0.5) is 0 Å². The zero-order valence-corrected chi connectivity index (χ0v) is 14.5. The van der Waals surface area contributed by atoms with E-state index in [4.69, 9.17) is 5.73 Å². The van der Waals surface area contributed by atoms with Crippen molar-refractivity contribution in [1.82, 2.24) is 4.31 Å². The molecule has 2 N–H and O–H groups in total. The van der Waals surface area contributed by atoms with Gasteiger partial charge in [0.05, 0.1) is 4.90 Å². The van der Waals surface area contributed by atoms with Crippen molar-refractivity contribution in [1.29, 1.82) is 0 Å². The van der Waals surface area contributed by atoms with E-state index in [2.05, 4.69) is 13.8 Å². The Bertz CT molecular complexity index is 567. The zero-order valence-electron chi connectivity index (χ0n) is 13.7. The second-order valence-corrected chi connectivity index (χ2v) is 8.26. The van der Waals surface area contributed by atoms with Crippen molar-refractivity contribution in [2.24, 2.45) is 11.7 Å². The summed E-state index contributed by atoms with van der Waals surface area (Å²) >= 11 is 0. The maximum absolute atomic E-state index is 12.8. The highest BCUT2D eigenvalue weighted by Gasteiger charge is 2.29. The van der Waals surface area contributed by atoms with E-state index in [9.17, 15) is 8.42 Å². The molecule has 4 nitrogen and oxygen atoms in total. The Kier molecular flexibility index (Phi) is 6.01. The van der Waals surface area contributed by atoms with E-state index < -0.39 is 10.0 Å². The maximum atomic E-state index is 12.8. The summed E-state index contributed by atoms with van der Waals surface area (Å²) < 4.78 is 27.2. The summed E-state index contributed by atoms with van der Waals surface area (Å²) in [5.41, 5.74) is 6.81. The Balaban J connectivity index is 2.15. The summed E-state index contributed by atoms with van der Waals surface area (Å²) in [7, 11) is -3.37. The number of nitrogens with zero attached hydrogens (tertiary/aromatic N) is 1. The molecule has 1 aromatic carbocycles. The van der Waals surface area contributed by atoms with Gasteiger partial charge in [-0.25, -0.2) is 8.42 Å². The zero-order chi connectivity index (χ0) is 16.2. The third-order valence-corrected chi connectivity index (χ3v) is 6.64. The van der Waals surface area contributed by atoms with Crippen molar-refractivity contribution >= 4 is 10.0 Å². The molecule has 0 aromatic heterocycles. The van der Waals surface area contributed by atoms with Crippen LogP contribution in [0.15, 0.2) is 29.2 Å². The van der Waals surface area contributed by atoms with Crippen LogP contribution in [-0.4, -0.2) is 32.4 Å². The predicted molar refractivity (Wildman–Crippen MR) is 90.3 cm³/mol. The fourth-order valence-corrected chi connectivity index (χ4v) is 4.62. The molecule has 2 unspecified atom stereocenters. The van der Waals surface area contributed by atoms with Crippen molar-refractivity contribution in [3.05, 3.63) is 29.8 Å². The number of sulfonamides is 1. The van der Waals surface area contributed by atoms with E-state index in [1.165, 1.54) is 5.56 Å². The molecule has 1 aliphatic rings. The van der Waals surface area contributed by atoms with Gasteiger partial charge in [-0.15, -0.1) is 0 Å². The van der Waals surface area contributed by atoms with E-state index in [0.29, 0.717) is 36.4 Å². The van der Waals surface area contributed by atoms with Gasteiger partial charge in [0.2, 0.25) is 10.0 Å². The summed E-state index contributed by atoms with van der Waals surface area (Å²) in [4.78, 5) is 0.410. The summed E-state index contributed by atoms with van der Waals surface area (Å²) in [5.74, 6) is 0.855. The first-order valence-corrected chi connectivity index (χ1v) is 9.73. The van der Waals surface area contributed by atoms with Crippen LogP contribution in [0.25, 0.3) is 0 Å². The normalized spacial score (nSPS) is 21.7. The summed E-state index contributed by atoms with van der Waals surface area (Å²) in [6.07, 6.45) is 3.96.